The molecule has 4 heteroatoms. The number of aliphatic hydroxyl groups excluding tert-OH is 1. The second-order valence-corrected chi connectivity index (χ2v) is 7.96. The number of anilines is 1. The Bertz CT molecular complexity index is 1240. The Hall–Kier alpha value is -3.89. The second kappa shape index (κ2) is 9.08. The van der Waals surface area contributed by atoms with Crippen molar-refractivity contribution in [1.82, 2.24) is 9.97 Å². The fraction of sp³-hybridized carbons (Fsp3) is 0.107. The van der Waals surface area contributed by atoms with Crippen molar-refractivity contribution in [2.24, 2.45) is 0 Å². The number of aliphatic hydroxyl groups is 1. The summed E-state index contributed by atoms with van der Waals surface area (Å²) < 4.78 is 0. The Kier molecular flexibility index (Phi) is 5.69. The maximum absolute atomic E-state index is 10.9. The zero-order valence-corrected chi connectivity index (χ0v) is 17.7. The van der Waals surface area contributed by atoms with E-state index >= 15 is 0 Å². The van der Waals surface area contributed by atoms with Crippen LogP contribution >= 0.6 is 0 Å². The van der Waals surface area contributed by atoms with Crippen LogP contribution in [-0.4, -0.2) is 15.1 Å². The summed E-state index contributed by atoms with van der Waals surface area (Å²) in [5.41, 5.74) is 5.00. The van der Waals surface area contributed by atoms with Crippen LogP contribution in [-0.2, 0) is 13.1 Å². The number of nitrogens with one attached hydrogen (secondary N) is 1. The van der Waals surface area contributed by atoms with E-state index in [1.165, 1.54) is 11.1 Å². The van der Waals surface area contributed by atoms with Gasteiger partial charge in [-0.3, -0.25) is 0 Å². The van der Waals surface area contributed by atoms with Crippen molar-refractivity contribution < 1.29 is 5.11 Å². The number of hydrogen-bond donors (Lipinski definition) is 2. The van der Waals surface area contributed by atoms with Crippen molar-refractivity contribution in [3.8, 4) is 0 Å². The Morgan fingerprint density at radius 2 is 1.31 bits per heavy atom. The Labute approximate surface area is 187 Å². The minimum Gasteiger partial charge on any atom is -0.382 e. The molecular weight excluding hydrogens is 394 g/mol. The molecule has 158 valence electrons. The van der Waals surface area contributed by atoms with Gasteiger partial charge >= 0.3 is 0 Å². The molecule has 0 saturated carbocycles. The highest BCUT2D eigenvalue weighted by molar-refractivity contribution is 5.90. The molecule has 4 nitrogen and oxygen atoms in total. The molecular formula is C28H25N3O. The Morgan fingerprint density at radius 3 is 1.91 bits per heavy atom. The van der Waals surface area contributed by atoms with Gasteiger partial charge in [-0.05, 0) is 28.8 Å². The van der Waals surface area contributed by atoms with Crippen LogP contribution in [0.3, 0.4) is 0 Å². The summed E-state index contributed by atoms with van der Waals surface area (Å²) in [7, 11) is 0. The summed E-state index contributed by atoms with van der Waals surface area (Å²) >= 11 is 0. The van der Waals surface area contributed by atoms with E-state index < -0.39 is 6.10 Å². The lowest BCUT2D eigenvalue weighted by atomic mass is 10.1. The van der Waals surface area contributed by atoms with E-state index in [2.05, 4.69) is 58.4 Å². The average Bonchev–Trinajstić information content (AvgIpc) is 3.30. The Morgan fingerprint density at radius 1 is 0.750 bits per heavy atom. The molecule has 2 heterocycles. The number of aromatic nitrogens is 2. The van der Waals surface area contributed by atoms with Crippen LogP contribution in [0, 0.1) is 0 Å². The van der Waals surface area contributed by atoms with Crippen molar-refractivity contribution in [3.05, 3.63) is 132 Å². The second-order valence-electron chi connectivity index (χ2n) is 7.96. The third-order valence-electron chi connectivity index (χ3n) is 5.69. The number of aromatic amines is 1. The number of hydrogen-bond acceptors (Lipinski definition) is 3. The number of benzene rings is 3. The SMILES string of the molecule is OC(c1ccccc1)c1cc2ccnc(N(Cc3ccccc3)Cc3ccccc3)c2[nH]1. The summed E-state index contributed by atoms with van der Waals surface area (Å²) in [6.07, 6.45) is 1.13. The molecule has 2 aromatic heterocycles. The summed E-state index contributed by atoms with van der Waals surface area (Å²) in [6.45, 7) is 1.47. The van der Waals surface area contributed by atoms with Gasteiger partial charge in [0, 0.05) is 30.4 Å². The molecule has 5 rings (SSSR count). The first kappa shape index (κ1) is 20.0. The lowest BCUT2D eigenvalue weighted by molar-refractivity contribution is 0.216. The molecule has 0 aliphatic heterocycles. The molecule has 5 aromatic rings. The van der Waals surface area contributed by atoms with E-state index in [-0.39, 0.29) is 0 Å². The maximum atomic E-state index is 10.9. The number of fused-ring (bicyclic) bond motifs is 1. The lowest BCUT2D eigenvalue weighted by Gasteiger charge is -2.24. The van der Waals surface area contributed by atoms with Gasteiger partial charge in [-0.2, -0.15) is 0 Å². The quantitative estimate of drug-likeness (QED) is 0.348. The topological polar surface area (TPSA) is 52.2 Å². The van der Waals surface area contributed by atoms with Gasteiger partial charge in [0.2, 0.25) is 0 Å². The summed E-state index contributed by atoms with van der Waals surface area (Å²) in [4.78, 5) is 10.5. The minimum absolute atomic E-state index is 0.715. The summed E-state index contributed by atoms with van der Waals surface area (Å²) in [5.74, 6) is 0.877. The largest absolute Gasteiger partial charge is 0.382 e. The molecule has 1 unspecified atom stereocenters. The molecule has 32 heavy (non-hydrogen) atoms. The first-order chi connectivity index (χ1) is 15.8. The predicted octanol–water partition coefficient (Wildman–Crippen LogP) is 5.85. The first-order valence-corrected chi connectivity index (χ1v) is 10.8. The van der Waals surface area contributed by atoms with Gasteiger partial charge in [-0.1, -0.05) is 91.0 Å². The maximum Gasteiger partial charge on any atom is 0.153 e. The van der Waals surface area contributed by atoms with Gasteiger partial charge < -0.3 is 15.0 Å². The van der Waals surface area contributed by atoms with Gasteiger partial charge in [0.15, 0.2) is 5.82 Å². The molecule has 2 N–H and O–H groups in total. The van der Waals surface area contributed by atoms with Gasteiger partial charge in [0.25, 0.3) is 0 Å². The van der Waals surface area contributed by atoms with Crippen LogP contribution in [0.4, 0.5) is 5.82 Å². The highest BCUT2D eigenvalue weighted by Crippen LogP contribution is 2.31. The van der Waals surface area contributed by atoms with Crippen LogP contribution in [0.15, 0.2) is 109 Å². The molecule has 1 atom stereocenters. The molecule has 0 fully saturated rings. The zero-order chi connectivity index (χ0) is 21.8. The minimum atomic E-state index is -0.715. The average molecular weight is 420 g/mol. The van der Waals surface area contributed by atoms with Crippen LogP contribution < -0.4 is 4.90 Å². The molecule has 0 aliphatic rings. The van der Waals surface area contributed by atoms with E-state index in [1.54, 1.807) is 0 Å². The zero-order valence-electron chi connectivity index (χ0n) is 17.7. The fourth-order valence-corrected chi connectivity index (χ4v) is 4.08. The number of H-pyrrole nitrogens is 1. The standard InChI is InChI=1S/C28H25N3O/c32-27(23-14-8-3-9-15-23)25-18-24-16-17-29-28(26(24)30-25)31(19-21-10-4-1-5-11-21)20-22-12-6-2-7-13-22/h1-18,27,30,32H,19-20H2. The normalized spacial score (nSPS) is 12.0. The predicted molar refractivity (Wildman–Crippen MR) is 129 cm³/mol. The van der Waals surface area contributed by atoms with E-state index in [0.717, 1.165) is 41.1 Å². The molecule has 0 saturated heterocycles. The molecule has 0 aliphatic carbocycles. The van der Waals surface area contributed by atoms with E-state index in [0.29, 0.717) is 0 Å². The highest BCUT2D eigenvalue weighted by atomic mass is 16.3. The molecule has 3 aromatic carbocycles. The summed E-state index contributed by atoms with van der Waals surface area (Å²) in [6, 6.07) is 34.6. The number of rotatable bonds is 7. The molecule has 0 amide bonds. The van der Waals surface area contributed by atoms with Crippen molar-refractivity contribution in [3.63, 3.8) is 0 Å². The highest BCUT2D eigenvalue weighted by Gasteiger charge is 2.18. The van der Waals surface area contributed by atoms with Crippen molar-refractivity contribution in [2.45, 2.75) is 19.2 Å². The van der Waals surface area contributed by atoms with Gasteiger partial charge in [-0.15, -0.1) is 0 Å². The smallest absolute Gasteiger partial charge is 0.153 e. The molecule has 0 radical (unpaired) electrons. The van der Waals surface area contributed by atoms with E-state index in [4.69, 9.17) is 4.98 Å². The van der Waals surface area contributed by atoms with E-state index in [1.807, 2.05) is 60.8 Å². The first-order valence-electron chi connectivity index (χ1n) is 10.8. The number of pyridine rings is 1. The van der Waals surface area contributed by atoms with Crippen LogP contribution in [0.5, 0.6) is 0 Å². The lowest BCUT2D eigenvalue weighted by Crippen LogP contribution is -2.23. The van der Waals surface area contributed by atoms with Crippen molar-refractivity contribution >= 4 is 16.7 Å². The molecule has 0 spiro atoms. The van der Waals surface area contributed by atoms with Crippen LogP contribution in [0.1, 0.15) is 28.5 Å². The van der Waals surface area contributed by atoms with Crippen molar-refractivity contribution in [2.75, 3.05) is 4.90 Å². The van der Waals surface area contributed by atoms with Crippen molar-refractivity contribution in [1.29, 1.82) is 0 Å². The van der Waals surface area contributed by atoms with E-state index in [9.17, 15) is 5.11 Å². The van der Waals surface area contributed by atoms with Gasteiger partial charge in [0.05, 0.1) is 5.52 Å². The van der Waals surface area contributed by atoms with Crippen LogP contribution in [0.2, 0.25) is 0 Å². The third-order valence-corrected chi connectivity index (χ3v) is 5.69. The number of nitrogens with zero attached hydrogens (tertiary/aromatic N) is 2. The van der Waals surface area contributed by atoms with Crippen LogP contribution in [0.25, 0.3) is 10.9 Å². The Balaban J connectivity index is 1.55. The summed E-state index contributed by atoms with van der Waals surface area (Å²) in [5, 5.41) is 12.0. The fourth-order valence-electron chi connectivity index (χ4n) is 4.08. The molecule has 0 bridgehead atoms. The monoisotopic (exact) mass is 419 g/mol. The van der Waals surface area contributed by atoms with Gasteiger partial charge in [-0.25, -0.2) is 4.98 Å². The van der Waals surface area contributed by atoms with Gasteiger partial charge in [0.1, 0.15) is 6.10 Å². The third kappa shape index (κ3) is 4.27.